The standard InChI is InChI=1S/C10H11ClO3S/c1-2-4-10(12)8-5-3-6-9(7-8)15(11,13)14/h3,5-7H,2,4H2,1H3. The van der Waals surface area contributed by atoms with Gasteiger partial charge < -0.3 is 0 Å². The van der Waals surface area contributed by atoms with Crippen LogP contribution >= 0.6 is 10.7 Å². The fraction of sp³-hybridized carbons (Fsp3) is 0.300. The molecule has 0 heterocycles. The number of carbonyl (C=O) groups excluding carboxylic acids is 1. The first-order valence-electron chi connectivity index (χ1n) is 4.53. The van der Waals surface area contributed by atoms with E-state index < -0.39 is 9.05 Å². The van der Waals surface area contributed by atoms with E-state index in [9.17, 15) is 13.2 Å². The Hall–Kier alpha value is -0.870. The lowest BCUT2D eigenvalue weighted by atomic mass is 10.1. The summed E-state index contributed by atoms with van der Waals surface area (Å²) < 4.78 is 22.0. The number of Topliss-reactive ketones (excluding diaryl/α,β-unsaturated/α-hetero) is 1. The van der Waals surface area contributed by atoms with Crippen LogP contribution < -0.4 is 0 Å². The molecule has 0 spiro atoms. The maximum absolute atomic E-state index is 11.5. The highest BCUT2D eigenvalue weighted by atomic mass is 35.7. The lowest BCUT2D eigenvalue weighted by molar-refractivity contribution is 0.0981. The topological polar surface area (TPSA) is 51.2 Å². The van der Waals surface area contributed by atoms with Gasteiger partial charge in [-0.25, -0.2) is 8.42 Å². The Bertz CT molecular complexity index is 465. The Labute approximate surface area is 93.5 Å². The summed E-state index contributed by atoms with van der Waals surface area (Å²) in [5.74, 6) is -0.0698. The lowest BCUT2D eigenvalue weighted by Gasteiger charge is -2.01. The molecule has 0 radical (unpaired) electrons. The average molecular weight is 247 g/mol. The SMILES string of the molecule is CCCC(=O)c1cccc(S(=O)(=O)Cl)c1. The van der Waals surface area contributed by atoms with Gasteiger partial charge in [0.2, 0.25) is 0 Å². The van der Waals surface area contributed by atoms with Crippen molar-refractivity contribution in [3.8, 4) is 0 Å². The molecule has 0 aliphatic heterocycles. The van der Waals surface area contributed by atoms with Crippen molar-refractivity contribution in [3.63, 3.8) is 0 Å². The number of benzene rings is 1. The van der Waals surface area contributed by atoms with Crippen LogP contribution in [0.3, 0.4) is 0 Å². The van der Waals surface area contributed by atoms with Crippen LogP contribution in [0.25, 0.3) is 0 Å². The predicted molar refractivity (Wildman–Crippen MR) is 58.7 cm³/mol. The molecule has 0 atom stereocenters. The number of hydrogen-bond donors (Lipinski definition) is 0. The highest BCUT2D eigenvalue weighted by molar-refractivity contribution is 8.13. The highest BCUT2D eigenvalue weighted by Crippen LogP contribution is 2.17. The van der Waals surface area contributed by atoms with E-state index in [2.05, 4.69) is 0 Å². The number of hydrogen-bond acceptors (Lipinski definition) is 3. The lowest BCUT2D eigenvalue weighted by Crippen LogP contribution is -2.00. The van der Waals surface area contributed by atoms with Gasteiger partial charge in [-0.05, 0) is 18.6 Å². The van der Waals surface area contributed by atoms with Crippen LogP contribution in [0.1, 0.15) is 30.1 Å². The summed E-state index contributed by atoms with van der Waals surface area (Å²) in [5, 5.41) is 0. The van der Waals surface area contributed by atoms with Gasteiger partial charge in [0.25, 0.3) is 9.05 Å². The summed E-state index contributed by atoms with van der Waals surface area (Å²) in [6, 6.07) is 5.77. The van der Waals surface area contributed by atoms with Gasteiger partial charge in [0.05, 0.1) is 4.90 Å². The fourth-order valence-electron chi connectivity index (χ4n) is 1.19. The van der Waals surface area contributed by atoms with Gasteiger partial charge in [-0.1, -0.05) is 19.1 Å². The minimum Gasteiger partial charge on any atom is -0.294 e. The zero-order valence-corrected chi connectivity index (χ0v) is 9.81. The molecule has 0 unspecified atom stereocenters. The molecular weight excluding hydrogens is 236 g/mol. The molecule has 5 heteroatoms. The normalized spacial score (nSPS) is 11.3. The first kappa shape index (κ1) is 12.2. The van der Waals surface area contributed by atoms with Gasteiger partial charge >= 0.3 is 0 Å². The molecule has 1 aromatic rings. The van der Waals surface area contributed by atoms with Crippen molar-refractivity contribution in [3.05, 3.63) is 29.8 Å². The van der Waals surface area contributed by atoms with Crippen molar-refractivity contribution < 1.29 is 13.2 Å². The van der Waals surface area contributed by atoms with Crippen LogP contribution in [0.15, 0.2) is 29.2 Å². The zero-order chi connectivity index (χ0) is 11.5. The summed E-state index contributed by atoms with van der Waals surface area (Å²) in [4.78, 5) is 11.4. The largest absolute Gasteiger partial charge is 0.294 e. The van der Waals surface area contributed by atoms with E-state index in [1.54, 1.807) is 6.07 Å². The molecule has 0 aromatic heterocycles. The minimum absolute atomic E-state index is 0.0360. The second kappa shape index (κ2) is 4.77. The fourth-order valence-corrected chi connectivity index (χ4v) is 1.99. The van der Waals surface area contributed by atoms with Crippen molar-refractivity contribution in [1.82, 2.24) is 0 Å². The molecule has 0 amide bonds. The van der Waals surface area contributed by atoms with Gasteiger partial charge in [0, 0.05) is 22.7 Å². The highest BCUT2D eigenvalue weighted by Gasteiger charge is 2.12. The van der Waals surface area contributed by atoms with Gasteiger partial charge in [-0.3, -0.25) is 4.79 Å². The number of ketones is 1. The number of halogens is 1. The third kappa shape index (κ3) is 3.32. The first-order chi connectivity index (χ1) is 6.95. The molecule has 0 N–H and O–H groups in total. The van der Waals surface area contributed by atoms with E-state index in [1.807, 2.05) is 6.92 Å². The molecule has 0 bridgehead atoms. The van der Waals surface area contributed by atoms with Crippen LogP contribution in [-0.2, 0) is 9.05 Å². The van der Waals surface area contributed by atoms with Crippen molar-refractivity contribution in [1.29, 1.82) is 0 Å². The van der Waals surface area contributed by atoms with Crippen molar-refractivity contribution >= 4 is 25.5 Å². The van der Waals surface area contributed by atoms with E-state index in [0.717, 1.165) is 6.42 Å². The molecule has 0 saturated heterocycles. The van der Waals surface area contributed by atoms with Crippen LogP contribution in [0.4, 0.5) is 0 Å². The second-order valence-corrected chi connectivity index (χ2v) is 5.70. The summed E-state index contributed by atoms with van der Waals surface area (Å²) in [5.41, 5.74) is 0.388. The zero-order valence-electron chi connectivity index (χ0n) is 8.23. The molecule has 82 valence electrons. The van der Waals surface area contributed by atoms with E-state index in [4.69, 9.17) is 10.7 Å². The number of rotatable bonds is 4. The molecule has 0 aliphatic rings. The Kier molecular flexibility index (Phi) is 3.88. The minimum atomic E-state index is -3.75. The Morgan fingerprint density at radius 2 is 2.07 bits per heavy atom. The van der Waals surface area contributed by atoms with Gasteiger partial charge in [0.15, 0.2) is 5.78 Å². The number of carbonyl (C=O) groups is 1. The van der Waals surface area contributed by atoms with Gasteiger partial charge in [-0.2, -0.15) is 0 Å². The molecular formula is C10H11ClO3S. The Balaban J connectivity index is 3.09. The molecule has 1 aromatic carbocycles. The van der Waals surface area contributed by atoms with Crippen LogP contribution in [-0.4, -0.2) is 14.2 Å². The molecule has 3 nitrogen and oxygen atoms in total. The van der Waals surface area contributed by atoms with E-state index in [1.165, 1.54) is 18.2 Å². The smallest absolute Gasteiger partial charge is 0.261 e. The first-order valence-corrected chi connectivity index (χ1v) is 6.84. The van der Waals surface area contributed by atoms with E-state index in [-0.39, 0.29) is 10.7 Å². The van der Waals surface area contributed by atoms with E-state index >= 15 is 0 Å². The van der Waals surface area contributed by atoms with Crippen molar-refractivity contribution in [2.75, 3.05) is 0 Å². The van der Waals surface area contributed by atoms with E-state index in [0.29, 0.717) is 12.0 Å². The maximum Gasteiger partial charge on any atom is 0.261 e. The Morgan fingerprint density at radius 1 is 1.40 bits per heavy atom. The van der Waals surface area contributed by atoms with Crippen LogP contribution in [0.5, 0.6) is 0 Å². The molecule has 0 aliphatic carbocycles. The third-order valence-electron chi connectivity index (χ3n) is 1.91. The summed E-state index contributed by atoms with van der Waals surface area (Å²) in [6.45, 7) is 1.89. The molecule has 0 saturated carbocycles. The summed E-state index contributed by atoms with van der Waals surface area (Å²) >= 11 is 0. The van der Waals surface area contributed by atoms with Gasteiger partial charge in [-0.15, -0.1) is 0 Å². The van der Waals surface area contributed by atoms with Crippen LogP contribution in [0, 0.1) is 0 Å². The monoisotopic (exact) mass is 246 g/mol. The maximum atomic E-state index is 11.5. The molecule has 0 fully saturated rings. The summed E-state index contributed by atoms with van der Waals surface area (Å²) in [7, 11) is 1.42. The summed E-state index contributed by atoms with van der Waals surface area (Å²) in [6.07, 6.45) is 1.14. The predicted octanol–water partition coefficient (Wildman–Crippen LogP) is 2.60. The average Bonchev–Trinajstić information content (AvgIpc) is 2.17. The third-order valence-corrected chi connectivity index (χ3v) is 3.27. The Morgan fingerprint density at radius 3 is 2.60 bits per heavy atom. The van der Waals surface area contributed by atoms with Crippen molar-refractivity contribution in [2.45, 2.75) is 24.7 Å². The quantitative estimate of drug-likeness (QED) is 0.606. The van der Waals surface area contributed by atoms with Crippen molar-refractivity contribution in [2.24, 2.45) is 0 Å². The molecule has 1 rings (SSSR count). The second-order valence-electron chi connectivity index (χ2n) is 3.14. The molecule has 15 heavy (non-hydrogen) atoms. The van der Waals surface area contributed by atoms with Crippen LogP contribution in [0.2, 0.25) is 0 Å². The van der Waals surface area contributed by atoms with Gasteiger partial charge in [0.1, 0.15) is 0 Å².